The Kier molecular flexibility index (Phi) is 7.75. The molecule has 1 unspecified atom stereocenters. The Hall–Kier alpha value is -1.37. The molecule has 0 aliphatic rings. The topological polar surface area (TPSA) is 45.2 Å². The molecule has 1 aromatic carbocycles. The molecular weight excluding hydrogens is 338 g/mol. The molecule has 6 heteroatoms. The highest BCUT2D eigenvalue weighted by atomic mass is 32.2. The monoisotopic (exact) mass is 363 g/mol. The third kappa shape index (κ3) is 5.33. The largest absolute Gasteiger partial charge is 0.350 e. The van der Waals surface area contributed by atoms with Crippen LogP contribution in [0.2, 0.25) is 0 Å². The first-order valence-corrected chi connectivity index (χ1v) is 10.2. The maximum atomic E-state index is 12.6. The van der Waals surface area contributed by atoms with Gasteiger partial charge in [-0.3, -0.25) is 9.69 Å². The first-order chi connectivity index (χ1) is 11.7. The Morgan fingerprint density at radius 2 is 2.08 bits per heavy atom. The highest BCUT2D eigenvalue weighted by molar-refractivity contribution is 7.98. The summed E-state index contributed by atoms with van der Waals surface area (Å²) in [6.45, 7) is 9.08. The first kappa shape index (κ1) is 19.0. The third-order valence-electron chi connectivity index (χ3n) is 3.98. The van der Waals surface area contributed by atoms with Gasteiger partial charge in [-0.1, -0.05) is 26.0 Å². The van der Waals surface area contributed by atoms with Crippen LogP contribution in [0, 0.1) is 0 Å². The van der Waals surface area contributed by atoms with E-state index in [1.165, 1.54) is 0 Å². The molecule has 0 aliphatic heterocycles. The van der Waals surface area contributed by atoms with Crippen LogP contribution in [0.1, 0.15) is 36.8 Å². The summed E-state index contributed by atoms with van der Waals surface area (Å²) in [7, 11) is 0. The van der Waals surface area contributed by atoms with Crippen LogP contribution in [-0.2, 0) is 5.75 Å². The average Bonchev–Trinajstić information content (AvgIpc) is 3.12. The summed E-state index contributed by atoms with van der Waals surface area (Å²) >= 11 is 3.25. The predicted octanol–water partition coefficient (Wildman–Crippen LogP) is 3.90. The van der Waals surface area contributed by atoms with Crippen molar-refractivity contribution in [3.05, 3.63) is 46.4 Å². The second-order valence-electron chi connectivity index (χ2n) is 5.54. The number of likely N-dealkylation sites (N-methyl/N-ethyl adjacent to an activating group) is 1. The fraction of sp³-hybridized carbons (Fsp3) is 0.444. The third-order valence-corrected chi connectivity index (χ3v) is 5.73. The quantitative estimate of drug-likeness (QED) is 0.687. The van der Waals surface area contributed by atoms with Gasteiger partial charge in [0.05, 0.1) is 16.8 Å². The van der Waals surface area contributed by atoms with Gasteiger partial charge in [-0.2, -0.15) is 0 Å². The Morgan fingerprint density at radius 1 is 1.33 bits per heavy atom. The van der Waals surface area contributed by atoms with Crippen LogP contribution >= 0.6 is 23.1 Å². The van der Waals surface area contributed by atoms with E-state index in [9.17, 15) is 4.79 Å². The molecule has 1 atom stereocenters. The molecular formula is C18H25N3OS2. The molecule has 2 aromatic rings. The van der Waals surface area contributed by atoms with Gasteiger partial charge in [0, 0.05) is 28.6 Å². The summed E-state index contributed by atoms with van der Waals surface area (Å²) in [5, 5.41) is 5.12. The van der Waals surface area contributed by atoms with Crippen molar-refractivity contribution < 1.29 is 4.79 Å². The zero-order chi connectivity index (χ0) is 17.4. The number of thiazole rings is 1. The molecule has 0 aliphatic carbocycles. The van der Waals surface area contributed by atoms with E-state index in [-0.39, 0.29) is 5.91 Å². The number of nitrogens with one attached hydrogen (secondary N) is 1. The maximum Gasteiger partial charge on any atom is 0.252 e. The summed E-state index contributed by atoms with van der Waals surface area (Å²) in [5.74, 6) is 0.777. The SMILES string of the molecule is CCN(CC)C(C)CNC(=O)c1ccccc1SCc1cscn1. The van der Waals surface area contributed by atoms with E-state index in [4.69, 9.17) is 0 Å². The van der Waals surface area contributed by atoms with E-state index in [2.05, 4.69) is 36.0 Å². The fourth-order valence-corrected chi connectivity index (χ4v) is 4.17. The van der Waals surface area contributed by atoms with Crippen molar-refractivity contribution >= 4 is 29.0 Å². The first-order valence-electron chi connectivity index (χ1n) is 8.26. The Balaban J connectivity index is 1.96. The lowest BCUT2D eigenvalue weighted by molar-refractivity contribution is 0.0935. The van der Waals surface area contributed by atoms with Crippen molar-refractivity contribution in [2.24, 2.45) is 0 Å². The Labute approximate surface area is 152 Å². The standard InChI is InChI=1S/C18H25N3OS2/c1-4-21(5-2)14(3)10-19-18(22)16-8-6-7-9-17(16)24-12-15-11-23-13-20-15/h6-9,11,13-14H,4-5,10,12H2,1-3H3,(H,19,22). The number of benzene rings is 1. The molecule has 2 rings (SSSR count). The molecule has 1 aromatic heterocycles. The minimum Gasteiger partial charge on any atom is -0.350 e. The number of nitrogens with zero attached hydrogens (tertiary/aromatic N) is 2. The van der Waals surface area contributed by atoms with E-state index in [1.807, 2.05) is 35.2 Å². The van der Waals surface area contributed by atoms with Gasteiger partial charge in [-0.25, -0.2) is 4.98 Å². The molecule has 1 amide bonds. The van der Waals surface area contributed by atoms with Gasteiger partial charge in [0.1, 0.15) is 0 Å². The van der Waals surface area contributed by atoms with Crippen LogP contribution in [0.3, 0.4) is 0 Å². The van der Waals surface area contributed by atoms with Gasteiger partial charge in [-0.05, 0) is 32.1 Å². The fourth-order valence-electron chi connectivity index (χ4n) is 2.55. The molecule has 0 saturated heterocycles. The minimum absolute atomic E-state index is 0.00427. The van der Waals surface area contributed by atoms with Gasteiger partial charge < -0.3 is 5.32 Å². The van der Waals surface area contributed by atoms with Crippen molar-refractivity contribution in [1.82, 2.24) is 15.2 Å². The number of carbonyl (C=O) groups excluding carboxylic acids is 1. The zero-order valence-electron chi connectivity index (χ0n) is 14.5. The zero-order valence-corrected chi connectivity index (χ0v) is 16.1. The highest BCUT2D eigenvalue weighted by Crippen LogP contribution is 2.26. The van der Waals surface area contributed by atoms with E-state index < -0.39 is 0 Å². The highest BCUT2D eigenvalue weighted by Gasteiger charge is 2.15. The number of rotatable bonds is 9. The van der Waals surface area contributed by atoms with Crippen molar-refractivity contribution in [2.75, 3.05) is 19.6 Å². The number of aromatic nitrogens is 1. The van der Waals surface area contributed by atoms with Gasteiger partial charge >= 0.3 is 0 Å². The van der Waals surface area contributed by atoms with Crippen molar-refractivity contribution in [2.45, 2.75) is 37.5 Å². The molecule has 24 heavy (non-hydrogen) atoms. The smallest absolute Gasteiger partial charge is 0.252 e. The predicted molar refractivity (Wildman–Crippen MR) is 103 cm³/mol. The summed E-state index contributed by atoms with van der Waals surface area (Å²) in [4.78, 5) is 20.2. The molecule has 0 saturated carbocycles. The van der Waals surface area contributed by atoms with Crippen LogP contribution in [0.5, 0.6) is 0 Å². The van der Waals surface area contributed by atoms with E-state index in [0.29, 0.717) is 12.6 Å². The van der Waals surface area contributed by atoms with Gasteiger partial charge in [-0.15, -0.1) is 23.1 Å². The molecule has 0 radical (unpaired) electrons. The molecule has 130 valence electrons. The number of amides is 1. The molecule has 0 spiro atoms. The van der Waals surface area contributed by atoms with E-state index in [1.54, 1.807) is 23.1 Å². The van der Waals surface area contributed by atoms with Crippen LogP contribution in [0.4, 0.5) is 0 Å². The summed E-state index contributed by atoms with van der Waals surface area (Å²) in [5.41, 5.74) is 3.63. The van der Waals surface area contributed by atoms with Crippen LogP contribution in [-0.4, -0.2) is 41.5 Å². The van der Waals surface area contributed by atoms with E-state index >= 15 is 0 Å². The summed E-state index contributed by atoms with van der Waals surface area (Å²) in [6.07, 6.45) is 0. The van der Waals surface area contributed by atoms with Crippen LogP contribution < -0.4 is 5.32 Å². The van der Waals surface area contributed by atoms with E-state index in [0.717, 1.165) is 35.0 Å². The van der Waals surface area contributed by atoms with Crippen molar-refractivity contribution in [3.63, 3.8) is 0 Å². The minimum atomic E-state index is -0.00427. The summed E-state index contributed by atoms with van der Waals surface area (Å²) in [6, 6.07) is 8.10. The normalized spacial score (nSPS) is 12.3. The second-order valence-corrected chi connectivity index (χ2v) is 7.28. The maximum absolute atomic E-state index is 12.6. The molecule has 0 fully saturated rings. The molecule has 1 N–H and O–H groups in total. The average molecular weight is 364 g/mol. The molecule has 0 bridgehead atoms. The number of thioether (sulfide) groups is 1. The Bertz CT molecular complexity index is 627. The number of hydrogen-bond acceptors (Lipinski definition) is 5. The van der Waals surface area contributed by atoms with Crippen molar-refractivity contribution in [3.8, 4) is 0 Å². The number of hydrogen-bond donors (Lipinski definition) is 1. The van der Waals surface area contributed by atoms with Crippen molar-refractivity contribution in [1.29, 1.82) is 0 Å². The second kappa shape index (κ2) is 9.81. The molecule has 4 nitrogen and oxygen atoms in total. The van der Waals surface area contributed by atoms with Gasteiger partial charge in [0.25, 0.3) is 5.91 Å². The lowest BCUT2D eigenvalue weighted by atomic mass is 10.2. The number of carbonyl (C=O) groups is 1. The lowest BCUT2D eigenvalue weighted by Crippen LogP contribution is -2.42. The lowest BCUT2D eigenvalue weighted by Gasteiger charge is -2.26. The summed E-state index contributed by atoms with van der Waals surface area (Å²) < 4.78 is 0. The van der Waals surface area contributed by atoms with Gasteiger partial charge in [0.2, 0.25) is 0 Å². The van der Waals surface area contributed by atoms with Gasteiger partial charge in [0.15, 0.2) is 0 Å². The molecule has 1 heterocycles. The van der Waals surface area contributed by atoms with Crippen LogP contribution in [0.25, 0.3) is 0 Å². The van der Waals surface area contributed by atoms with Crippen LogP contribution in [0.15, 0.2) is 40.1 Å². The Morgan fingerprint density at radius 3 is 2.75 bits per heavy atom.